The zero-order valence-corrected chi connectivity index (χ0v) is 12.0. The van der Waals surface area contributed by atoms with Gasteiger partial charge >= 0.3 is 0 Å². The van der Waals surface area contributed by atoms with Crippen LogP contribution in [-0.2, 0) is 13.1 Å². The fourth-order valence-corrected chi connectivity index (χ4v) is 2.48. The summed E-state index contributed by atoms with van der Waals surface area (Å²) in [5.41, 5.74) is 1.05. The Morgan fingerprint density at radius 2 is 2.16 bits per heavy atom. The zero-order valence-electron chi connectivity index (χ0n) is 10.4. The van der Waals surface area contributed by atoms with Gasteiger partial charge in [0, 0.05) is 28.5 Å². The zero-order chi connectivity index (χ0) is 13.2. The molecule has 1 fully saturated rings. The van der Waals surface area contributed by atoms with Crippen molar-refractivity contribution >= 4 is 23.2 Å². The van der Waals surface area contributed by atoms with Crippen LogP contribution in [0.2, 0.25) is 10.0 Å². The molecule has 0 unspecified atom stereocenters. The highest BCUT2D eigenvalue weighted by Crippen LogP contribution is 2.22. The largest absolute Gasteiger partial charge is 0.329 e. The number of halogens is 2. The predicted octanol–water partition coefficient (Wildman–Crippen LogP) is 3.49. The first-order valence-corrected chi connectivity index (χ1v) is 7.15. The molecule has 1 heterocycles. The van der Waals surface area contributed by atoms with Gasteiger partial charge in [-0.25, -0.2) is 4.98 Å². The molecule has 1 aliphatic carbocycles. The molecule has 0 radical (unpaired) electrons. The van der Waals surface area contributed by atoms with Crippen LogP contribution in [0.1, 0.15) is 24.2 Å². The summed E-state index contributed by atoms with van der Waals surface area (Å²) in [6.45, 7) is 1.53. The number of nitrogens with one attached hydrogen (secondary N) is 1. The number of aromatic nitrogens is 2. The Kier molecular flexibility index (Phi) is 3.78. The Hall–Kier alpha value is -1.03. The van der Waals surface area contributed by atoms with Crippen molar-refractivity contribution in [3.63, 3.8) is 0 Å². The summed E-state index contributed by atoms with van der Waals surface area (Å²) in [5.74, 6) is 1.04. The average Bonchev–Trinajstić information content (AvgIpc) is 3.11. The molecule has 0 bridgehead atoms. The number of imidazole rings is 1. The lowest BCUT2D eigenvalue weighted by Crippen LogP contribution is -2.19. The third-order valence-corrected chi connectivity index (χ3v) is 3.87. The van der Waals surface area contributed by atoms with Crippen LogP contribution < -0.4 is 5.32 Å². The van der Waals surface area contributed by atoms with Crippen molar-refractivity contribution in [1.82, 2.24) is 14.9 Å². The molecule has 19 heavy (non-hydrogen) atoms. The van der Waals surface area contributed by atoms with Crippen LogP contribution in [0.25, 0.3) is 0 Å². The third kappa shape index (κ3) is 3.30. The van der Waals surface area contributed by atoms with Crippen molar-refractivity contribution < 1.29 is 0 Å². The molecule has 3 nitrogen and oxygen atoms in total. The van der Waals surface area contributed by atoms with Gasteiger partial charge in [-0.15, -0.1) is 0 Å². The summed E-state index contributed by atoms with van der Waals surface area (Å²) < 4.78 is 2.12. The third-order valence-electron chi connectivity index (χ3n) is 3.28. The summed E-state index contributed by atoms with van der Waals surface area (Å²) in [6, 6.07) is 6.28. The molecule has 0 aliphatic heterocycles. The van der Waals surface area contributed by atoms with Crippen molar-refractivity contribution in [1.29, 1.82) is 0 Å². The highest BCUT2D eigenvalue weighted by atomic mass is 35.5. The Balaban J connectivity index is 1.73. The Morgan fingerprint density at radius 1 is 1.32 bits per heavy atom. The van der Waals surface area contributed by atoms with E-state index in [1.807, 2.05) is 24.5 Å². The van der Waals surface area contributed by atoms with Crippen molar-refractivity contribution in [2.45, 2.75) is 32.0 Å². The first-order valence-electron chi connectivity index (χ1n) is 6.40. The molecule has 3 rings (SSSR count). The molecule has 0 atom stereocenters. The van der Waals surface area contributed by atoms with Gasteiger partial charge in [-0.1, -0.05) is 29.3 Å². The molecule has 0 amide bonds. The van der Waals surface area contributed by atoms with E-state index < -0.39 is 0 Å². The van der Waals surface area contributed by atoms with Crippen LogP contribution in [0.4, 0.5) is 0 Å². The van der Waals surface area contributed by atoms with Gasteiger partial charge in [0.15, 0.2) is 0 Å². The molecule has 1 N–H and O–H groups in total. The molecule has 2 aromatic rings. The quantitative estimate of drug-likeness (QED) is 0.915. The van der Waals surface area contributed by atoms with Gasteiger partial charge in [-0.05, 0) is 30.5 Å². The topological polar surface area (TPSA) is 29.9 Å². The maximum Gasteiger partial charge on any atom is 0.122 e. The average molecular weight is 296 g/mol. The molecule has 1 aromatic carbocycles. The van der Waals surface area contributed by atoms with E-state index in [4.69, 9.17) is 23.2 Å². The van der Waals surface area contributed by atoms with Crippen LogP contribution in [0.15, 0.2) is 30.6 Å². The number of benzene rings is 1. The van der Waals surface area contributed by atoms with Crippen molar-refractivity contribution in [3.05, 3.63) is 52.0 Å². The van der Waals surface area contributed by atoms with Gasteiger partial charge in [0.2, 0.25) is 0 Å². The smallest absolute Gasteiger partial charge is 0.122 e. The van der Waals surface area contributed by atoms with E-state index in [2.05, 4.69) is 14.9 Å². The molecular weight excluding hydrogens is 281 g/mol. The van der Waals surface area contributed by atoms with E-state index in [1.165, 1.54) is 12.8 Å². The molecule has 0 saturated heterocycles. The molecular formula is C14H15Cl2N3. The summed E-state index contributed by atoms with van der Waals surface area (Å²) in [6.07, 6.45) is 6.37. The number of hydrogen-bond donors (Lipinski definition) is 1. The summed E-state index contributed by atoms with van der Waals surface area (Å²) in [4.78, 5) is 4.39. The molecule has 1 aromatic heterocycles. The summed E-state index contributed by atoms with van der Waals surface area (Å²) >= 11 is 12.1. The highest BCUT2D eigenvalue weighted by molar-refractivity contribution is 6.35. The highest BCUT2D eigenvalue weighted by Gasteiger charge is 2.20. The molecule has 100 valence electrons. The normalized spacial score (nSPS) is 14.8. The van der Waals surface area contributed by atoms with Gasteiger partial charge in [0.25, 0.3) is 0 Å². The van der Waals surface area contributed by atoms with Gasteiger partial charge in [-0.3, -0.25) is 0 Å². The van der Waals surface area contributed by atoms with Gasteiger partial charge in [0.1, 0.15) is 5.82 Å². The first-order chi connectivity index (χ1) is 9.22. The lowest BCUT2D eigenvalue weighted by atomic mass is 10.2. The number of rotatable bonds is 5. The lowest BCUT2D eigenvalue weighted by molar-refractivity contribution is 0.618. The molecule has 1 saturated carbocycles. The summed E-state index contributed by atoms with van der Waals surface area (Å²) in [7, 11) is 0. The van der Waals surface area contributed by atoms with Crippen LogP contribution in [0, 0.1) is 0 Å². The fourth-order valence-electron chi connectivity index (χ4n) is 2.01. The molecule has 5 heteroatoms. The van der Waals surface area contributed by atoms with E-state index >= 15 is 0 Å². The standard InChI is InChI=1S/C14H15Cl2N3/c15-11-2-1-10(13(16)7-11)9-19-6-5-17-14(19)8-18-12-3-4-12/h1-2,5-7,12,18H,3-4,8-9H2. The van der Waals surface area contributed by atoms with Crippen LogP contribution in [0.3, 0.4) is 0 Å². The fraction of sp³-hybridized carbons (Fsp3) is 0.357. The molecule has 0 spiro atoms. The van der Waals surface area contributed by atoms with E-state index in [1.54, 1.807) is 6.07 Å². The molecule has 1 aliphatic rings. The van der Waals surface area contributed by atoms with E-state index in [-0.39, 0.29) is 0 Å². The lowest BCUT2D eigenvalue weighted by Gasteiger charge is -2.10. The maximum atomic E-state index is 6.20. The number of hydrogen-bond acceptors (Lipinski definition) is 2. The summed E-state index contributed by atoms with van der Waals surface area (Å²) in [5, 5.41) is 4.83. The van der Waals surface area contributed by atoms with Gasteiger partial charge < -0.3 is 9.88 Å². The van der Waals surface area contributed by atoms with E-state index in [9.17, 15) is 0 Å². The van der Waals surface area contributed by atoms with Crippen molar-refractivity contribution in [2.75, 3.05) is 0 Å². The van der Waals surface area contributed by atoms with Gasteiger partial charge in [-0.2, -0.15) is 0 Å². The van der Waals surface area contributed by atoms with Crippen molar-refractivity contribution in [2.24, 2.45) is 0 Å². The Morgan fingerprint density at radius 3 is 2.89 bits per heavy atom. The van der Waals surface area contributed by atoms with Crippen molar-refractivity contribution in [3.8, 4) is 0 Å². The van der Waals surface area contributed by atoms with Crippen LogP contribution in [0.5, 0.6) is 0 Å². The van der Waals surface area contributed by atoms with Crippen LogP contribution >= 0.6 is 23.2 Å². The van der Waals surface area contributed by atoms with E-state index in [0.29, 0.717) is 16.1 Å². The second-order valence-electron chi connectivity index (χ2n) is 4.86. The second-order valence-corrected chi connectivity index (χ2v) is 5.71. The monoisotopic (exact) mass is 295 g/mol. The Labute approximate surface area is 122 Å². The minimum atomic E-state index is 0.662. The minimum Gasteiger partial charge on any atom is -0.329 e. The first kappa shape index (κ1) is 13.0. The van der Waals surface area contributed by atoms with Gasteiger partial charge in [0.05, 0.1) is 13.1 Å². The Bertz CT molecular complexity index is 576. The second kappa shape index (κ2) is 5.53. The predicted molar refractivity (Wildman–Crippen MR) is 77.7 cm³/mol. The van der Waals surface area contributed by atoms with Crippen LogP contribution in [-0.4, -0.2) is 15.6 Å². The maximum absolute atomic E-state index is 6.20. The minimum absolute atomic E-state index is 0.662. The SMILES string of the molecule is Clc1ccc(Cn2ccnc2CNC2CC2)c(Cl)c1. The van der Waals surface area contributed by atoms with E-state index in [0.717, 1.165) is 24.5 Å². The number of nitrogens with zero attached hydrogens (tertiary/aromatic N) is 2.